The fourth-order valence-corrected chi connectivity index (χ4v) is 5.94. The van der Waals surface area contributed by atoms with Crippen LogP contribution in [0.2, 0.25) is 18.1 Å². The smallest absolute Gasteiger partial charge is 0.0773 e. The number of hydrogen-bond acceptors (Lipinski definition) is 0. The Morgan fingerprint density at radius 2 is 1.61 bits per heavy atom. The lowest BCUT2D eigenvalue weighted by Crippen LogP contribution is -2.29. The Bertz CT molecular complexity index is 417. The minimum atomic E-state index is -1.17. The van der Waals surface area contributed by atoms with Crippen LogP contribution in [0.1, 0.15) is 44.4 Å². The van der Waals surface area contributed by atoms with Gasteiger partial charge in [0.2, 0.25) is 0 Å². The molecule has 100 valence electrons. The molecule has 0 aliphatic carbocycles. The van der Waals surface area contributed by atoms with E-state index in [2.05, 4.69) is 65.4 Å². The van der Waals surface area contributed by atoms with Crippen LogP contribution in [0.5, 0.6) is 0 Å². The molecule has 0 saturated carbocycles. The highest BCUT2D eigenvalue weighted by molar-refractivity contribution is 6.85. The first-order valence-electron chi connectivity index (χ1n) is 7.25. The van der Waals surface area contributed by atoms with Gasteiger partial charge in [-0.2, -0.15) is 0 Å². The summed E-state index contributed by atoms with van der Waals surface area (Å²) < 4.78 is 0. The van der Waals surface area contributed by atoms with Crippen LogP contribution in [0.3, 0.4) is 0 Å². The van der Waals surface area contributed by atoms with E-state index >= 15 is 0 Å². The van der Waals surface area contributed by atoms with E-state index in [1.165, 1.54) is 40.4 Å². The fraction of sp³-hybridized carbons (Fsp3) is 0.529. The monoisotopic (exact) mass is 260 g/mol. The zero-order chi connectivity index (χ0) is 13.8. The number of aryl methyl sites for hydroxylation is 2. The molecule has 0 spiro atoms. The van der Waals surface area contributed by atoms with Crippen molar-refractivity contribution in [1.82, 2.24) is 0 Å². The van der Waals surface area contributed by atoms with Gasteiger partial charge in [-0.3, -0.25) is 0 Å². The molecule has 0 N–H and O–H groups in total. The molecule has 0 radical (unpaired) electrons. The summed E-state index contributed by atoms with van der Waals surface area (Å²) in [7, 11) is -1.17. The topological polar surface area (TPSA) is 0 Å². The van der Waals surface area contributed by atoms with Crippen molar-refractivity contribution in [2.45, 2.75) is 59.7 Å². The van der Waals surface area contributed by atoms with Crippen molar-refractivity contribution in [3.8, 4) is 0 Å². The predicted molar refractivity (Wildman–Crippen MR) is 86.8 cm³/mol. The first-order valence-corrected chi connectivity index (χ1v) is 9.95. The average molecular weight is 260 g/mol. The lowest BCUT2D eigenvalue weighted by molar-refractivity contribution is 1.19. The molecule has 1 heteroatoms. The van der Waals surface area contributed by atoms with Crippen molar-refractivity contribution in [3.05, 3.63) is 40.6 Å². The Morgan fingerprint density at radius 3 is 2.11 bits per heavy atom. The summed E-state index contributed by atoms with van der Waals surface area (Å²) in [6.07, 6.45) is 0. The molecule has 0 heterocycles. The van der Waals surface area contributed by atoms with Crippen LogP contribution in [0, 0.1) is 13.8 Å². The van der Waals surface area contributed by atoms with Crippen LogP contribution in [0.25, 0.3) is 5.57 Å². The van der Waals surface area contributed by atoms with Gasteiger partial charge in [0.15, 0.2) is 0 Å². The van der Waals surface area contributed by atoms with E-state index in [9.17, 15) is 0 Å². The van der Waals surface area contributed by atoms with Crippen molar-refractivity contribution in [1.29, 1.82) is 0 Å². The third kappa shape index (κ3) is 3.35. The molecule has 1 aromatic rings. The standard InChI is InChI=1S/C17H28Si/c1-7-18(8-2,9-3)13-16(6)17-12-14(4)10-11-15(17)5/h10-13H,7-9H2,1-6H3/b16-13+. The van der Waals surface area contributed by atoms with E-state index in [0.717, 1.165) is 0 Å². The maximum atomic E-state index is 2.65. The molecular weight excluding hydrogens is 232 g/mol. The number of allylic oxidation sites excluding steroid dienone is 1. The van der Waals surface area contributed by atoms with E-state index in [1.54, 1.807) is 0 Å². The van der Waals surface area contributed by atoms with Gasteiger partial charge in [0.1, 0.15) is 0 Å². The third-order valence-electron chi connectivity index (χ3n) is 4.45. The molecule has 0 aliphatic rings. The first kappa shape index (κ1) is 15.2. The van der Waals surface area contributed by atoms with Crippen molar-refractivity contribution in [3.63, 3.8) is 0 Å². The predicted octanol–water partition coefficient (Wildman–Crippen LogP) is 5.75. The van der Waals surface area contributed by atoms with Gasteiger partial charge in [-0.1, -0.05) is 73.9 Å². The largest absolute Gasteiger partial charge is 0.0908 e. The Balaban J connectivity index is 3.19. The van der Waals surface area contributed by atoms with Crippen LogP contribution in [0.4, 0.5) is 0 Å². The number of hydrogen-bond donors (Lipinski definition) is 0. The van der Waals surface area contributed by atoms with Crippen LogP contribution < -0.4 is 0 Å². The number of benzene rings is 1. The molecule has 0 bridgehead atoms. The Kier molecular flexibility index (Phi) is 5.40. The molecule has 1 aromatic carbocycles. The van der Waals surface area contributed by atoms with Crippen LogP contribution in [0.15, 0.2) is 23.9 Å². The highest BCUT2D eigenvalue weighted by Gasteiger charge is 2.24. The molecule has 1 rings (SSSR count). The number of rotatable bonds is 5. The SMILES string of the molecule is CC[Si](/C=C(\C)c1cc(C)ccc1C)(CC)CC. The van der Waals surface area contributed by atoms with E-state index in [4.69, 9.17) is 0 Å². The highest BCUT2D eigenvalue weighted by Crippen LogP contribution is 2.28. The zero-order valence-electron chi connectivity index (χ0n) is 12.9. The molecule has 0 atom stereocenters. The van der Waals surface area contributed by atoms with Crippen LogP contribution in [-0.4, -0.2) is 8.07 Å². The normalized spacial score (nSPS) is 12.9. The van der Waals surface area contributed by atoms with Gasteiger partial charge in [0, 0.05) is 0 Å². The molecule has 18 heavy (non-hydrogen) atoms. The quantitative estimate of drug-likeness (QED) is 0.591. The van der Waals surface area contributed by atoms with Gasteiger partial charge in [-0.25, -0.2) is 0 Å². The van der Waals surface area contributed by atoms with Crippen molar-refractivity contribution < 1.29 is 0 Å². The zero-order valence-corrected chi connectivity index (χ0v) is 13.9. The van der Waals surface area contributed by atoms with Gasteiger partial charge in [0.25, 0.3) is 0 Å². The van der Waals surface area contributed by atoms with Crippen molar-refractivity contribution >= 4 is 13.6 Å². The van der Waals surface area contributed by atoms with Crippen LogP contribution >= 0.6 is 0 Å². The summed E-state index contributed by atoms with van der Waals surface area (Å²) in [6, 6.07) is 10.9. The molecule has 0 unspecified atom stereocenters. The lowest BCUT2D eigenvalue weighted by atomic mass is 10.0. The van der Waals surface area contributed by atoms with Crippen LogP contribution in [-0.2, 0) is 0 Å². The van der Waals surface area contributed by atoms with E-state index in [0.29, 0.717) is 0 Å². The van der Waals surface area contributed by atoms with Gasteiger partial charge in [-0.15, -0.1) is 0 Å². The summed E-state index contributed by atoms with van der Waals surface area (Å²) in [5.74, 6) is 0. The third-order valence-corrected chi connectivity index (χ3v) is 9.72. The summed E-state index contributed by atoms with van der Waals surface area (Å²) in [6.45, 7) is 13.8. The maximum absolute atomic E-state index is 2.65. The summed E-state index contributed by atoms with van der Waals surface area (Å²) in [5.41, 5.74) is 8.35. The average Bonchev–Trinajstić information content (AvgIpc) is 2.38. The van der Waals surface area contributed by atoms with Crippen molar-refractivity contribution in [2.24, 2.45) is 0 Å². The van der Waals surface area contributed by atoms with Gasteiger partial charge >= 0.3 is 0 Å². The fourth-order valence-electron chi connectivity index (χ4n) is 2.75. The molecule has 0 aliphatic heterocycles. The Morgan fingerprint density at radius 1 is 1.06 bits per heavy atom. The summed E-state index contributed by atoms with van der Waals surface area (Å²) in [5, 5.41) is 0. The molecule has 0 nitrogen and oxygen atoms in total. The first-order chi connectivity index (χ1) is 8.48. The molecule has 0 aromatic heterocycles. The highest BCUT2D eigenvalue weighted by atomic mass is 28.3. The Hall–Kier alpha value is -0.823. The lowest BCUT2D eigenvalue weighted by Gasteiger charge is -2.25. The Labute approximate surface area is 114 Å². The second-order valence-corrected chi connectivity index (χ2v) is 10.7. The van der Waals surface area contributed by atoms with Gasteiger partial charge in [-0.05, 0) is 31.9 Å². The van der Waals surface area contributed by atoms with E-state index in [-0.39, 0.29) is 0 Å². The van der Waals surface area contributed by atoms with Gasteiger partial charge < -0.3 is 0 Å². The van der Waals surface area contributed by atoms with Crippen molar-refractivity contribution in [2.75, 3.05) is 0 Å². The van der Waals surface area contributed by atoms with E-state index < -0.39 is 8.07 Å². The molecule has 0 saturated heterocycles. The molecule has 0 amide bonds. The minimum absolute atomic E-state index is 1.17. The minimum Gasteiger partial charge on any atom is -0.0908 e. The summed E-state index contributed by atoms with van der Waals surface area (Å²) in [4.78, 5) is 0. The van der Waals surface area contributed by atoms with Gasteiger partial charge in [0.05, 0.1) is 8.07 Å². The molecular formula is C17H28Si. The van der Waals surface area contributed by atoms with E-state index in [1.807, 2.05) is 0 Å². The second-order valence-electron chi connectivity index (χ2n) is 5.57. The molecule has 0 fully saturated rings. The summed E-state index contributed by atoms with van der Waals surface area (Å²) >= 11 is 0. The maximum Gasteiger partial charge on any atom is 0.0773 e. The second kappa shape index (κ2) is 6.37.